The number of carbonyl (C=O) groups excluding carboxylic acids is 1. The quantitative estimate of drug-likeness (QED) is 0.792. The molecule has 0 saturated heterocycles. The molecule has 0 aromatic carbocycles. The van der Waals surface area contributed by atoms with E-state index >= 15 is 0 Å². The molecule has 1 N–H and O–H groups in total. The van der Waals surface area contributed by atoms with E-state index in [4.69, 9.17) is 4.74 Å². The molecular weight excluding hydrogens is 238 g/mol. The van der Waals surface area contributed by atoms with Crippen LogP contribution in [0.3, 0.4) is 0 Å². The van der Waals surface area contributed by atoms with E-state index in [1.54, 1.807) is 0 Å². The van der Waals surface area contributed by atoms with E-state index in [0.717, 1.165) is 0 Å². The lowest BCUT2D eigenvalue weighted by atomic mass is 9.97. The van der Waals surface area contributed by atoms with Gasteiger partial charge in [0, 0.05) is 6.04 Å². The summed E-state index contributed by atoms with van der Waals surface area (Å²) < 4.78 is 4.79. The fraction of sp³-hybridized carbons (Fsp3) is 0.938. The first-order valence-electron chi connectivity index (χ1n) is 8.08. The summed E-state index contributed by atoms with van der Waals surface area (Å²) in [5.74, 6) is -0.147. The van der Waals surface area contributed by atoms with Gasteiger partial charge in [-0.05, 0) is 19.8 Å². The van der Waals surface area contributed by atoms with Gasteiger partial charge in [-0.2, -0.15) is 0 Å². The minimum Gasteiger partial charge on any atom is -0.468 e. The number of carbonyl (C=O) groups is 1. The molecule has 0 aromatic heterocycles. The minimum absolute atomic E-state index is 0.147. The molecule has 1 saturated carbocycles. The molecule has 0 heterocycles. The molecule has 1 atom stereocenters. The summed E-state index contributed by atoms with van der Waals surface area (Å²) in [5.41, 5.74) is 0. The Morgan fingerprint density at radius 3 is 1.79 bits per heavy atom. The number of esters is 1. The molecule has 1 unspecified atom stereocenters. The molecule has 1 rings (SSSR count). The van der Waals surface area contributed by atoms with Crippen LogP contribution in [0, 0.1) is 0 Å². The minimum atomic E-state index is -0.178. The normalized spacial score (nSPS) is 22.0. The predicted molar refractivity (Wildman–Crippen MR) is 79.2 cm³/mol. The molecule has 19 heavy (non-hydrogen) atoms. The van der Waals surface area contributed by atoms with E-state index in [0.29, 0.717) is 6.04 Å². The van der Waals surface area contributed by atoms with Gasteiger partial charge in [-0.25, -0.2) is 0 Å². The van der Waals surface area contributed by atoms with Gasteiger partial charge >= 0.3 is 5.97 Å². The highest BCUT2D eigenvalue weighted by molar-refractivity contribution is 5.75. The smallest absolute Gasteiger partial charge is 0.322 e. The number of methoxy groups -OCH3 is 1. The van der Waals surface area contributed by atoms with Gasteiger partial charge in [-0.1, -0.05) is 57.8 Å². The standard InChI is InChI=1S/C16H31NO2/c1-14(16(18)19-2)17-15-12-10-8-6-4-3-5-7-9-11-13-15/h14-15,17H,3-13H2,1-2H3. The average molecular weight is 269 g/mol. The van der Waals surface area contributed by atoms with Crippen LogP contribution in [0.2, 0.25) is 0 Å². The Labute approximate surface area is 118 Å². The summed E-state index contributed by atoms with van der Waals surface area (Å²) in [6, 6.07) is 0.302. The van der Waals surface area contributed by atoms with Crippen LogP contribution < -0.4 is 5.32 Å². The fourth-order valence-electron chi connectivity index (χ4n) is 2.93. The van der Waals surface area contributed by atoms with Crippen molar-refractivity contribution in [1.82, 2.24) is 5.32 Å². The molecule has 0 aliphatic heterocycles. The van der Waals surface area contributed by atoms with Crippen molar-refractivity contribution in [1.29, 1.82) is 0 Å². The lowest BCUT2D eigenvalue weighted by Crippen LogP contribution is -2.42. The first-order valence-corrected chi connectivity index (χ1v) is 8.08. The second-order valence-electron chi connectivity index (χ2n) is 5.87. The molecule has 1 aliphatic rings. The van der Waals surface area contributed by atoms with Crippen LogP contribution in [0.1, 0.15) is 77.6 Å². The molecule has 1 fully saturated rings. The van der Waals surface area contributed by atoms with E-state index in [9.17, 15) is 4.79 Å². The number of rotatable bonds is 3. The monoisotopic (exact) mass is 269 g/mol. The van der Waals surface area contributed by atoms with Crippen molar-refractivity contribution in [3.8, 4) is 0 Å². The van der Waals surface area contributed by atoms with Crippen LogP contribution in [0.5, 0.6) is 0 Å². The highest BCUT2D eigenvalue weighted by Crippen LogP contribution is 2.17. The third kappa shape index (κ3) is 7.56. The predicted octanol–water partition coefficient (Wildman–Crippen LogP) is 3.81. The maximum Gasteiger partial charge on any atom is 0.322 e. The lowest BCUT2D eigenvalue weighted by molar-refractivity contribution is -0.142. The molecule has 0 aromatic rings. The summed E-state index contributed by atoms with van der Waals surface area (Å²) in [6.45, 7) is 1.90. The third-order valence-electron chi connectivity index (χ3n) is 4.15. The molecule has 0 radical (unpaired) electrons. The lowest BCUT2D eigenvalue weighted by Gasteiger charge is -2.22. The summed E-state index contributed by atoms with van der Waals surface area (Å²) in [4.78, 5) is 11.5. The highest BCUT2D eigenvalue weighted by Gasteiger charge is 2.17. The molecule has 3 heteroatoms. The zero-order valence-corrected chi connectivity index (χ0v) is 12.7. The Morgan fingerprint density at radius 2 is 1.37 bits per heavy atom. The second-order valence-corrected chi connectivity index (χ2v) is 5.87. The van der Waals surface area contributed by atoms with Crippen molar-refractivity contribution >= 4 is 5.97 Å². The van der Waals surface area contributed by atoms with Crippen molar-refractivity contribution in [2.75, 3.05) is 7.11 Å². The van der Waals surface area contributed by atoms with E-state index in [2.05, 4.69) is 5.32 Å². The van der Waals surface area contributed by atoms with Gasteiger partial charge in [-0.3, -0.25) is 4.79 Å². The van der Waals surface area contributed by atoms with E-state index in [1.165, 1.54) is 77.7 Å². The average Bonchev–Trinajstić information content (AvgIpc) is 2.40. The molecule has 0 spiro atoms. The molecule has 0 amide bonds. The summed E-state index contributed by atoms with van der Waals surface area (Å²) >= 11 is 0. The van der Waals surface area contributed by atoms with Gasteiger partial charge in [-0.15, -0.1) is 0 Å². The fourth-order valence-corrected chi connectivity index (χ4v) is 2.93. The van der Waals surface area contributed by atoms with Gasteiger partial charge in [0.25, 0.3) is 0 Å². The zero-order valence-electron chi connectivity index (χ0n) is 12.7. The van der Waals surface area contributed by atoms with Gasteiger partial charge in [0.05, 0.1) is 7.11 Å². The van der Waals surface area contributed by atoms with Crippen LogP contribution in [0.15, 0.2) is 0 Å². The third-order valence-corrected chi connectivity index (χ3v) is 4.15. The first kappa shape index (κ1) is 16.5. The van der Waals surface area contributed by atoms with Crippen LogP contribution in [-0.4, -0.2) is 25.2 Å². The van der Waals surface area contributed by atoms with Crippen LogP contribution in [-0.2, 0) is 9.53 Å². The van der Waals surface area contributed by atoms with Gasteiger partial charge in [0.15, 0.2) is 0 Å². The van der Waals surface area contributed by atoms with Crippen molar-refractivity contribution in [3.63, 3.8) is 0 Å². The highest BCUT2D eigenvalue weighted by atomic mass is 16.5. The Hall–Kier alpha value is -0.570. The van der Waals surface area contributed by atoms with E-state index in [1.807, 2.05) is 6.92 Å². The number of ether oxygens (including phenoxy) is 1. The molecular formula is C16H31NO2. The van der Waals surface area contributed by atoms with Crippen molar-refractivity contribution in [2.45, 2.75) is 89.6 Å². The van der Waals surface area contributed by atoms with Crippen molar-refractivity contribution in [3.05, 3.63) is 0 Å². The van der Waals surface area contributed by atoms with Crippen LogP contribution in [0.4, 0.5) is 0 Å². The SMILES string of the molecule is COC(=O)C(C)NC1CCCCCCCCCCC1. The van der Waals surface area contributed by atoms with Gasteiger partial charge in [0.1, 0.15) is 6.04 Å². The molecule has 112 valence electrons. The maximum absolute atomic E-state index is 11.5. The van der Waals surface area contributed by atoms with Crippen molar-refractivity contribution < 1.29 is 9.53 Å². The van der Waals surface area contributed by atoms with Crippen LogP contribution in [0.25, 0.3) is 0 Å². The van der Waals surface area contributed by atoms with Gasteiger partial charge in [0.2, 0.25) is 0 Å². The Balaban J connectivity index is 2.35. The Morgan fingerprint density at radius 1 is 0.947 bits per heavy atom. The Kier molecular flexibility index (Phi) is 8.89. The molecule has 0 bridgehead atoms. The number of nitrogens with one attached hydrogen (secondary N) is 1. The Bertz CT molecular complexity index is 231. The molecule has 3 nitrogen and oxygen atoms in total. The summed E-state index contributed by atoms with van der Waals surface area (Å²) in [6.07, 6.45) is 14.6. The maximum atomic E-state index is 11.5. The van der Waals surface area contributed by atoms with E-state index in [-0.39, 0.29) is 12.0 Å². The van der Waals surface area contributed by atoms with Gasteiger partial charge < -0.3 is 10.1 Å². The second kappa shape index (κ2) is 10.2. The summed E-state index contributed by atoms with van der Waals surface area (Å²) in [5, 5.41) is 3.45. The van der Waals surface area contributed by atoms with Crippen molar-refractivity contribution in [2.24, 2.45) is 0 Å². The first-order chi connectivity index (χ1) is 9.24. The topological polar surface area (TPSA) is 38.3 Å². The van der Waals surface area contributed by atoms with E-state index < -0.39 is 0 Å². The molecule has 1 aliphatic carbocycles. The number of hydrogen-bond acceptors (Lipinski definition) is 3. The largest absolute Gasteiger partial charge is 0.468 e. The number of hydrogen-bond donors (Lipinski definition) is 1. The summed E-state index contributed by atoms with van der Waals surface area (Å²) in [7, 11) is 1.46. The zero-order chi connectivity index (χ0) is 13.9. The van der Waals surface area contributed by atoms with Crippen LogP contribution >= 0.6 is 0 Å².